The van der Waals surface area contributed by atoms with E-state index in [-0.39, 0.29) is 17.2 Å². The smallest absolute Gasteiger partial charge is 0.279 e. The third-order valence-corrected chi connectivity index (χ3v) is 5.61. The number of carbonyl (C=O) groups excluding carboxylic acids is 1. The fourth-order valence-corrected chi connectivity index (χ4v) is 4.28. The average molecular weight is 399 g/mol. The van der Waals surface area contributed by atoms with E-state index in [4.69, 9.17) is 4.55 Å². The molecule has 1 aliphatic carbocycles. The quantitative estimate of drug-likeness (QED) is 0.659. The summed E-state index contributed by atoms with van der Waals surface area (Å²) in [4.78, 5) is 25.4. The highest BCUT2D eigenvalue weighted by Gasteiger charge is 2.24. The van der Waals surface area contributed by atoms with Crippen LogP contribution < -0.4 is 10.3 Å². The number of hydrogen-bond donors (Lipinski definition) is 2. The van der Waals surface area contributed by atoms with E-state index in [1.807, 2.05) is 35.1 Å². The molecule has 1 amide bonds. The minimum absolute atomic E-state index is 0.174. The largest absolute Gasteiger partial charge is 0.289 e. The van der Waals surface area contributed by atoms with Crippen LogP contribution in [0, 0.1) is 0 Å². The summed E-state index contributed by atoms with van der Waals surface area (Å²) in [7, 11) is 0. The number of aromatic nitrogens is 2. The second-order valence-corrected chi connectivity index (χ2v) is 7.70. The average Bonchev–Trinajstić information content (AvgIpc) is 3.01. The summed E-state index contributed by atoms with van der Waals surface area (Å²) in [6, 6.07) is 14.5. The second-order valence-electron chi connectivity index (χ2n) is 7.00. The molecule has 1 aliphatic rings. The molecule has 1 unspecified atom stereocenters. The minimum Gasteiger partial charge on any atom is -0.289 e. The summed E-state index contributed by atoms with van der Waals surface area (Å²) in [5, 5.41) is 0.422. The number of nitrogens with one attached hydrogen (secondary N) is 1. The highest BCUT2D eigenvalue weighted by molar-refractivity contribution is 7.77. The zero-order chi connectivity index (χ0) is 19.7. The van der Waals surface area contributed by atoms with Crippen LogP contribution in [0.4, 0.5) is 0 Å². The maximum atomic E-state index is 13.3. The van der Waals surface area contributed by atoms with Crippen LogP contribution in [-0.2, 0) is 11.3 Å². The lowest BCUT2D eigenvalue weighted by molar-refractivity contribution is 0.0981. The lowest BCUT2D eigenvalue weighted by atomic mass is 9.95. The van der Waals surface area contributed by atoms with Gasteiger partial charge in [-0.05, 0) is 43.2 Å². The summed E-state index contributed by atoms with van der Waals surface area (Å²) in [6.45, 7) is 0. The van der Waals surface area contributed by atoms with Gasteiger partial charge in [-0.1, -0.05) is 37.5 Å². The van der Waals surface area contributed by atoms with Crippen LogP contribution in [0.15, 0.2) is 53.3 Å². The first-order valence-electron chi connectivity index (χ1n) is 9.31. The predicted octanol–water partition coefficient (Wildman–Crippen LogP) is 3.16. The molecule has 8 heteroatoms. The topological polar surface area (TPSA) is 93.3 Å². The Morgan fingerprint density at radius 2 is 1.79 bits per heavy atom. The van der Waals surface area contributed by atoms with Crippen LogP contribution in [0.2, 0.25) is 0 Å². The Labute approximate surface area is 164 Å². The fraction of sp³-hybridized carbons (Fsp3) is 0.300. The molecule has 0 radical (unpaired) electrons. The zero-order valence-electron chi connectivity index (χ0n) is 15.2. The summed E-state index contributed by atoms with van der Waals surface area (Å²) in [5.41, 5.74) is 1.51. The van der Waals surface area contributed by atoms with Gasteiger partial charge in [-0.15, -0.1) is 0 Å². The molecule has 0 bridgehead atoms. The number of carbonyl (C=O) groups is 1. The molecule has 2 aromatic carbocycles. The standard InChI is InChI=1S/C20H21N3O4S/c24-19(21-28(26)27)14-11-12-18-17(13-14)20(25)23(16-9-5-2-6-10-16)22(18)15-7-3-1-4-8-15/h2,5-6,9-13,15H,1,3-4,7-8H2,(H,21,24)(H,26,27). The molecule has 1 aromatic heterocycles. The van der Waals surface area contributed by atoms with Gasteiger partial charge in [0.2, 0.25) is 0 Å². The molecule has 0 saturated heterocycles. The van der Waals surface area contributed by atoms with E-state index in [9.17, 15) is 13.8 Å². The summed E-state index contributed by atoms with van der Waals surface area (Å²) in [6.07, 6.45) is 5.45. The molecular weight excluding hydrogens is 378 g/mol. The molecule has 1 saturated carbocycles. The molecule has 0 aliphatic heterocycles. The number of rotatable bonds is 4. The minimum atomic E-state index is -2.46. The Kier molecular flexibility index (Phi) is 5.15. The maximum absolute atomic E-state index is 13.3. The lowest BCUT2D eigenvalue weighted by Crippen LogP contribution is -2.25. The first-order valence-corrected chi connectivity index (χ1v) is 10.4. The molecule has 0 spiro atoms. The van der Waals surface area contributed by atoms with Gasteiger partial charge in [-0.25, -0.2) is 13.6 Å². The van der Waals surface area contributed by atoms with Crippen molar-refractivity contribution in [2.24, 2.45) is 0 Å². The van der Waals surface area contributed by atoms with Crippen LogP contribution in [0.3, 0.4) is 0 Å². The highest BCUT2D eigenvalue weighted by atomic mass is 32.2. The highest BCUT2D eigenvalue weighted by Crippen LogP contribution is 2.31. The van der Waals surface area contributed by atoms with Crippen molar-refractivity contribution in [2.75, 3.05) is 0 Å². The van der Waals surface area contributed by atoms with Crippen LogP contribution in [0.1, 0.15) is 48.5 Å². The van der Waals surface area contributed by atoms with E-state index in [0.29, 0.717) is 5.39 Å². The first-order chi connectivity index (χ1) is 13.6. The van der Waals surface area contributed by atoms with Crippen molar-refractivity contribution in [1.82, 2.24) is 14.1 Å². The van der Waals surface area contributed by atoms with Crippen LogP contribution in [0.25, 0.3) is 16.6 Å². The number of nitrogens with zero attached hydrogens (tertiary/aromatic N) is 2. The van der Waals surface area contributed by atoms with Crippen molar-refractivity contribution in [2.45, 2.75) is 38.1 Å². The molecule has 146 valence electrons. The maximum Gasteiger partial charge on any atom is 0.279 e. The second kappa shape index (κ2) is 7.73. The Morgan fingerprint density at radius 1 is 1.07 bits per heavy atom. The van der Waals surface area contributed by atoms with Crippen molar-refractivity contribution in [3.05, 3.63) is 64.4 Å². The Balaban J connectivity index is 1.92. The van der Waals surface area contributed by atoms with Crippen LogP contribution in [-0.4, -0.2) is 24.0 Å². The predicted molar refractivity (Wildman–Crippen MR) is 108 cm³/mol. The van der Waals surface area contributed by atoms with Crippen molar-refractivity contribution in [1.29, 1.82) is 0 Å². The van der Waals surface area contributed by atoms with E-state index >= 15 is 0 Å². The first kappa shape index (κ1) is 18.6. The lowest BCUT2D eigenvalue weighted by Gasteiger charge is -2.26. The number of amides is 1. The number of fused-ring (bicyclic) bond motifs is 1. The number of hydrogen-bond acceptors (Lipinski definition) is 3. The molecule has 1 fully saturated rings. The van der Waals surface area contributed by atoms with E-state index in [0.717, 1.165) is 36.9 Å². The van der Waals surface area contributed by atoms with Gasteiger partial charge in [-0.2, -0.15) is 0 Å². The van der Waals surface area contributed by atoms with Gasteiger partial charge < -0.3 is 0 Å². The van der Waals surface area contributed by atoms with Crippen LogP contribution >= 0.6 is 0 Å². The van der Waals surface area contributed by atoms with Gasteiger partial charge in [0, 0.05) is 5.56 Å². The van der Waals surface area contributed by atoms with Gasteiger partial charge in [0.25, 0.3) is 22.7 Å². The summed E-state index contributed by atoms with van der Waals surface area (Å²) >= 11 is -2.46. The van der Waals surface area contributed by atoms with E-state index < -0.39 is 17.2 Å². The Morgan fingerprint density at radius 3 is 2.46 bits per heavy atom. The molecule has 1 heterocycles. The fourth-order valence-electron chi connectivity index (χ4n) is 4.00. The van der Waals surface area contributed by atoms with Gasteiger partial charge in [0.05, 0.1) is 22.6 Å². The van der Waals surface area contributed by atoms with Gasteiger partial charge in [0.1, 0.15) is 0 Å². The van der Waals surface area contributed by atoms with Crippen molar-refractivity contribution >= 4 is 28.1 Å². The zero-order valence-corrected chi connectivity index (χ0v) is 16.0. The molecule has 2 N–H and O–H groups in total. The molecular formula is C20H21N3O4S. The van der Waals surface area contributed by atoms with Gasteiger partial charge in [0.15, 0.2) is 0 Å². The van der Waals surface area contributed by atoms with E-state index in [2.05, 4.69) is 4.68 Å². The molecule has 4 rings (SSSR count). The Bertz CT molecular complexity index is 1100. The van der Waals surface area contributed by atoms with Crippen molar-refractivity contribution in [3.63, 3.8) is 0 Å². The SMILES string of the molecule is O=C(NS(=O)O)c1ccc2c(c1)c(=O)n(-c1ccccc1)n2C1CCCCC1. The van der Waals surface area contributed by atoms with Crippen molar-refractivity contribution in [3.8, 4) is 5.69 Å². The normalized spacial score (nSPS) is 16.2. The molecule has 7 nitrogen and oxygen atoms in total. The Hall–Kier alpha value is -2.71. The van der Waals surface area contributed by atoms with Crippen molar-refractivity contribution < 1.29 is 13.6 Å². The van der Waals surface area contributed by atoms with Gasteiger partial charge >= 0.3 is 0 Å². The van der Waals surface area contributed by atoms with E-state index in [1.165, 1.54) is 12.5 Å². The van der Waals surface area contributed by atoms with E-state index in [1.54, 1.807) is 16.8 Å². The van der Waals surface area contributed by atoms with Gasteiger partial charge in [-0.3, -0.25) is 18.8 Å². The number of para-hydroxylation sites is 1. The monoisotopic (exact) mass is 399 g/mol. The third-order valence-electron chi connectivity index (χ3n) is 5.25. The third kappa shape index (κ3) is 3.41. The van der Waals surface area contributed by atoms with Crippen LogP contribution in [0.5, 0.6) is 0 Å². The molecule has 1 atom stereocenters. The molecule has 3 aromatic rings. The molecule has 28 heavy (non-hydrogen) atoms. The summed E-state index contributed by atoms with van der Waals surface area (Å²) < 4.78 is 25.4. The summed E-state index contributed by atoms with van der Waals surface area (Å²) in [5.74, 6) is -0.696. The number of benzene rings is 2.